The van der Waals surface area contributed by atoms with Crippen LogP contribution in [0.1, 0.15) is 15.4 Å². The van der Waals surface area contributed by atoms with E-state index in [1.165, 1.54) is 10.9 Å². The Hall–Kier alpha value is -2.41. The lowest BCUT2D eigenvalue weighted by molar-refractivity contribution is 0.100. The van der Waals surface area contributed by atoms with Crippen LogP contribution in [0.4, 0.5) is 5.69 Å². The maximum Gasteiger partial charge on any atom is 0.251 e. The summed E-state index contributed by atoms with van der Waals surface area (Å²) >= 11 is 1.59. The molecule has 7 heteroatoms. The van der Waals surface area contributed by atoms with Crippen LogP contribution in [0, 0.1) is 6.92 Å². The largest absolute Gasteiger partial charge is 0.397 e. The number of carbonyl (C=O) groups excluding carboxylic acids is 1. The number of rotatable bonds is 2. The first-order chi connectivity index (χ1) is 9.04. The molecule has 1 amide bonds. The zero-order chi connectivity index (χ0) is 13.6. The predicted octanol–water partition coefficient (Wildman–Crippen LogP) is 1.47. The number of nitrogens with zero attached hydrogens (tertiary/aromatic N) is 3. The highest BCUT2D eigenvalue weighted by atomic mass is 32.1. The summed E-state index contributed by atoms with van der Waals surface area (Å²) in [6, 6.07) is 3.72. The van der Waals surface area contributed by atoms with Crippen LogP contribution >= 0.6 is 11.3 Å². The number of hydrogen-bond donors (Lipinski definition) is 2. The van der Waals surface area contributed by atoms with Crippen molar-refractivity contribution in [3.05, 3.63) is 35.1 Å². The van der Waals surface area contributed by atoms with Crippen molar-refractivity contribution in [2.24, 2.45) is 5.73 Å². The van der Waals surface area contributed by atoms with Gasteiger partial charge in [-0.05, 0) is 19.1 Å². The van der Waals surface area contributed by atoms with Crippen molar-refractivity contribution in [1.82, 2.24) is 14.8 Å². The molecule has 6 nitrogen and oxygen atoms in total. The van der Waals surface area contributed by atoms with Crippen LogP contribution in [0.2, 0.25) is 0 Å². The van der Waals surface area contributed by atoms with Gasteiger partial charge in [-0.2, -0.15) is 5.10 Å². The third-order valence-corrected chi connectivity index (χ3v) is 3.69. The van der Waals surface area contributed by atoms with E-state index in [0.717, 1.165) is 15.2 Å². The fourth-order valence-electron chi connectivity index (χ4n) is 1.87. The van der Waals surface area contributed by atoms with E-state index in [9.17, 15) is 4.79 Å². The lowest BCUT2D eigenvalue weighted by Crippen LogP contribution is -2.09. The van der Waals surface area contributed by atoms with Crippen molar-refractivity contribution >= 4 is 33.1 Å². The van der Waals surface area contributed by atoms with Gasteiger partial charge in [0.05, 0.1) is 38.4 Å². The fourth-order valence-corrected chi connectivity index (χ4v) is 2.73. The molecular formula is C12H11N5OS. The Kier molecular flexibility index (Phi) is 2.49. The Morgan fingerprint density at radius 1 is 1.42 bits per heavy atom. The molecule has 1 aromatic carbocycles. The number of carbonyl (C=O) groups is 1. The number of anilines is 1. The molecule has 0 saturated carbocycles. The number of benzene rings is 1. The van der Waals surface area contributed by atoms with Crippen LogP contribution in [0.25, 0.3) is 15.9 Å². The molecule has 3 rings (SSSR count). The first-order valence-electron chi connectivity index (χ1n) is 5.56. The summed E-state index contributed by atoms with van der Waals surface area (Å²) in [5.41, 5.74) is 13.7. The van der Waals surface area contributed by atoms with E-state index in [1.54, 1.807) is 17.5 Å². The van der Waals surface area contributed by atoms with Crippen molar-refractivity contribution < 1.29 is 4.79 Å². The van der Waals surface area contributed by atoms with Gasteiger partial charge in [-0.15, -0.1) is 11.3 Å². The zero-order valence-electron chi connectivity index (χ0n) is 10.1. The third kappa shape index (κ3) is 1.93. The molecule has 19 heavy (non-hydrogen) atoms. The number of aryl methyl sites for hydroxylation is 1. The number of hydrogen-bond acceptors (Lipinski definition) is 5. The molecule has 0 atom stereocenters. The second-order valence-corrected chi connectivity index (χ2v) is 5.38. The number of thiazole rings is 1. The van der Waals surface area contributed by atoms with E-state index in [2.05, 4.69) is 10.1 Å². The Morgan fingerprint density at radius 3 is 2.89 bits per heavy atom. The third-order valence-electron chi connectivity index (χ3n) is 2.76. The highest BCUT2D eigenvalue weighted by Crippen LogP contribution is 2.28. The lowest BCUT2D eigenvalue weighted by atomic mass is 10.2. The van der Waals surface area contributed by atoms with Crippen LogP contribution in [0.3, 0.4) is 0 Å². The maximum absolute atomic E-state index is 11.1. The number of nitrogens with two attached hydrogens (primary N) is 2. The first kappa shape index (κ1) is 11.7. The lowest BCUT2D eigenvalue weighted by Gasteiger charge is -2.05. The van der Waals surface area contributed by atoms with Crippen molar-refractivity contribution in [3.63, 3.8) is 0 Å². The molecule has 0 fully saturated rings. The quantitative estimate of drug-likeness (QED) is 0.690. The van der Waals surface area contributed by atoms with E-state index in [0.29, 0.717) is 16.9 Å². The Balaban J connectivity index is 2.17. The predicted molar refractivity (Wildman–Crippen MR) is 74.4 cm³/mol. The Labute approximate surface area is 112 Å². The summed E-state index contributed by atoms with van der Waals surface area (Å²) in [7, 11) is 0. The summed E-state index contributed by atoms with van der Waals surface area (Å²) in [6.45, 7) is 1.94. The van der Waals surface area contributed by atoms with Crippen molar-refractivity contribution in [1.29, 1.82) is 0 Å². The van der Waals surface area contributed by atoms with Gasteiger partial charge in [-0.1, -0.05) is 0 Å². The molecule has 2 heterocycles. The van der Waals surface area contributed by atoms with E-state index >= 15 is 0 Å². The number of amides is 1. The topological polar surface area (TPSA) is 99.8 Å². The molecular weight excluding hydrogens is 262 g/mol. The van der Waals surface area contributed by atoms with Crippen LogP contribution in [0.15, 0.2) is 24.5 Å². The fraction of sp³-hybridized carbons (Fsp3) is 0.0833. The zero-order valence-corrected chi connectivity index (χ0v) is 10.9. The molecule has 0 radical (unpaired) electrons. The minimum absolute atomic E-state index is 0.342. The molecule has 2 aromatic heterocycles. The number of nitrogen functional groups attached to an aromatic ring is 1. The van der Waals surface area contributed by atoms with E-state index in [-0.39, 0.29) is 0 Å². The van der Waals surface area contributed by atoms with Gasteiger partial charge in [-0.3, -0.25) is 4.79 Å². The average Bonchev–Trinajstić information content (AvgIpc) is 2.92. The average molecular weight is 273 g/mol. The molecule has 0 bridgehead atoms. The molecule has 4 N–H and O–H groups in total. The van der Waals surface area contributed by atoms with Crippen molar-refractivity contribution in [3.8, 4) is 5.69 Å². The molecule has 0 aliphatic rings. The van der Waals surface area contributed by atoms with E-state index in [4.69, 9.17) is 11.5 Å². The van der Waals surface area contributed by atoms with Gasteiger partial charge < -0.3 is 11.5 Å². The summed E-state index contributed by atoms with van der Waals surface area (Å²) in [5.74, 6) is -0.518. The van der Waals surface area contributed by atoms with Gasteiger partial charge in [0.25, 0.3) is 5.91 Å². The maximum atomic E-state index is 11.1. The summed E-state index contributed by atoms with van der Waals surface area (Å²) in [4.78, 5) is 15.5. The highest BCUT2D eigenvalue weighted by Gasteiger charge is 2.10. The molecule has 0 saturated heterocycles. The SMILES string of the molecule is Cc1nc2cc(-n3cc(C(N)=O)cn3)c(N)cc2s1. The van der Waals surface area contributed by atoms with Gasteiger partial charge in [-0.25, -0.2) is 9.67 Å². The van der Waals surface area contributed by atoms with Gasteiger partial charge in [0.1, 0.15) is 0 Å². The van der Waals surface area contributed by atoms with Crippen LogP contribution in [-0.4, -0.2) is 20.7 Å². The molecule has 0 unspecified atom stereocenters. The highest BCUT2D eigenvalue weighted by molar-refractivity contribution is 7.18. The van der Waals surface area contributed by atoms with Crippen LogP contribution < -0.4 is 11.5 Å². The Bertz CT molecular complexity index is 789. The second kappa shape index (κ2) is 4.06. The number of primary amides is 1. The Morgan fingerprint density at radius 2 is 2.21 bits per heavy atom. The number of aromatic nitrogens is 3. The molecule has 3 aromatic rings. The van der Waals surface area contributed by atoms with Crippen LogP contribution in [0.5, 0.6) is 0 Å². The van der Waals surface area contributed by atoms with Crippen LogP contribution in [-0.2, 0) is 0 Å². The first-order valence-corrected chi connectivity index (χ1v) is 6.38. The molecule has 0 spiro atoms. The van der Waals surface area contributed by atoms with E-state index in [1.807, 2.05) is 19.1 Å². The minimum atomic E-state index is -0.518. The standard InChI is InChI=1S/C12H11N5OS/c1-6-16-9-3-10(8(13)2-11(9)19-6)17-5-7(4-15-17)12(14)18/h2-5H,13H2,1H3,(H2,14,18). The second-order valence-electron chi connectivity index (χ2n) is 4.15. The number of fused-ring (bicyclic) bond motifs is 1. The summed E-state index contributed by atoms with van der Waals surface area (Å²) < 4.78 is 2.56. The molecule has 0 aliphatic carbocycles. The van der Waals surface area contributed by atoms with Gasteiger partial charge in [0, 0.05) is 6.20 Å². The normalized spacial score (nSPS) is 11.0. The smallest absolute Gasteiger partial charge is 0.251 e. The van der Waals surface area contributed by atoms with Gasteiger partial charge in [0.2, 0.25) is 0 Å². The molecule has 0 aliphatic heterocycles. The van der Waals surface area contributed by atoms with Crippen molar-refractivity contribution in [2.45, 2.75) is 6.92 Å². The van der Waals surface area contributed by atoms with E-state index < -0.39 is 5.91 Å². The van der Waals surface area contributed by atoms with Crippen molar-refractivity contribution in [2.75, 3.05) is 5.73 Å². The summed E-state index contributed by atoms with van der Waals surface area (Å²) in [5, 5.41) is 5.07. The molecule has 96 valence electrons. The minimum Gasteiger partial charge on any atom is -0.397 e. The monoisotopic (exact) mass is 273 g/mol. The van der Waals surface area contributed by atoms with Gasteiger partial charge >= 0.3 is 0 Å². The summed E-state index contributed by atoms with van der Waals surface area (Å²) in [6.07, 6.45) is 2.97. The van der Waals surface area contributed by atoms with Gasteiger partial charge in [0.15, 0.2) is 0 Å².